The normalized spacial score (nSPS) is 19.3. The van der Waals surface area contributed by atoms with Crippen LogP contribution in [-0.2, 0) is 9.59 Å². The number of allylic oxidation sites excluding steroid dienone is 3. The molecule has 0 saturated carbocycles. The molecule has 7 heteroatoms. The van der Waals surface area contributed by atoms with Crippen LogP contribution < -0.4 is 15.4 Å². The van der Waals surface area contributed by atoms with Crippen LogP contribution in [-0.4, -0.2) is 30.0 Å². The van der Waals surface area contributed by atoms with Gasteiger partial charge >= 0.3 is 0 Å². The fourth-order valence-electron chi connectivity index (χ4n) is 5.22. The van der Waals surface area contributed by atoms with E-state index in [1.165, 1.54) is 0 Å². The summed E-state index contributed by atoms with van der Waals surface area (Å²) in [6.45, 7) is 1.91. The van der Waals surface area contributed by atoms with Crippen molar-refractivity contribution in [3.63, 3.8) is 0 Å². The van der Waals surface area contributed by atoms with Gasteiger partial charge in [0.05, 0.1) is 19.0 Å². The Morgan fingerprint density at radius 3 is 2.43 bits per heavy atom. The number of benzene rings is 2. The Balaban J connectivity index is 1.54. The summed E-state index contributed by atoms with van der Waals surface area (Å²) in [5.41, 5.74) is 5.52. The van der Waals surface area contributed by atoms with Gasteiger partial charge in [0.25, 0.3) is 5.91 Å². The minimum Gasteiger partial charge on any atom is -0.497 e. The minimum atomic E-state index is -0.451. The third-order valence-electron chi connectivity index (χ3n) is 7.03. The summed E-state index contributed by atoms with van der Waals surface area (Å²) in [7, 11) is 1.64. The van der Waals surface area contributed by atoms with Gasteiger partial charge in [-0.25, -0.2) is 0 Å². The van der Waals surface area contributed by atoms with Gasteiger partial charge in [-0.05, 0) is 73.0 Å². The third-order valence-corrected chi connectivity index (χ3v) is 7.77. The van der Waals surface area contributed by atoms with Crippen LogP contribution in [0.3, 0.4) is 0 Å². The third kappa shape index (κ3) is 5.04. The number of Topliss-reactive ketones (excluding diaryl/α,β-unsaturated/α-hetero) is 1. The summed E-state index contributed by atoms with van der Waals surface area (Å²) in [5, 5.41) is 6.41. The molecule has 0 radical (unpaired) electrons. The van der Waals surface area contributed by atoms with E-state index in [0.29, 0.717) is 29.7 Å². The van der Waals surface area contributed by atoms with Crippen LogP contribution in [0.4, 0.5) is 5.69 Å². The number of pyridine rings is 1. The number of carbonyl (C=O) groups is 2. The summed E-state index contributed by atoms with van der Waals surface area (Å²) >= 11 is 1.66. The maximum atomic E-state index is 13.8. The molecule has 1 aromatic heterocycles. The van der Waals surface area contributed by atoms with Gasteiger partial charge < -0.3 is 15.4 Å². The van der Waals surface area contributed by atoms with E-state index in [1.54, 1.807) is 43.4 Å². The molecule has 0 bridgehead atoms. The van der Waals surface area contributed by atoms with Crippen LogP contribution in [0.5, 0.6) is 5.75 Å². The molecule has 1 aliphatic carbocycles. The van der Waals surface area contributed by atoms with E-state index in [0.717, 1.165) is 33.2 Å². The first kappa shape index (κ1) is 24.8. The van der Waals surface area contributed by atoms with Crippen molar-refractivity contribution < 1.29 is 14.3 Å². The fourth-order valence-corrected chi connectivity index (χ4v) is 5.62. The summed E-state index contributed by atoms with van der Waals surface area (Å²) < 4.78 is 5.30. The Bertz CT molecular complexity index is 1380. The number of ether oxygens (including phenoxy) is 1. The van der Waals surface area contributed by atoms with E-state index in [-0.39, 0.29) is 17.6 Å². The number of hydrogen-bond donors (Lipinski definition) is 2. The molecule has 2 aliphatic rings. The van der Waals surface area contributed by atoms with Gasteiger partial charge in [0.2, 0.25) is 0 Å². The molecule has 1 amide bonds. The highest BCUT2D eigenvalue weighted by Gasteiger charge is 2.40. The Kier molecular flexibility index (Phi) is 7.15. The molecule has 2 unspecified atom stereocenters. The number of hydrogen-bond acceptors (Lipinski definition) is 6. The number of rotatable bonds is 6. The zero-order chi connectivity index (χ0) is 25.9. The number of methoxy groups -OCH3 is 1. The van der Waals surface area contributed by atoms with E-state index in [1.807, 2.05) is 61.7 Å². The lowest BCUT2D eigenvalue weighted by atomic mass is 9.71. The molecule has 188 valence electrons. The van der Waals surface area contributed by atoms with Crippen LogP contribution in [0, 0.1) is 0 Å². The van der Waals surface area contributed by atoms with Crippen molar-refractivity contribution in [1.82, 2.24) is 10.3 Å². The van der Waals surface area contributed by atoms with Crippen LogP contribution in [0.2, 0.25) is 0 Å². The van der Waals surface area contributed by atoms with Gasteiger partial charge in [-0.1, -0.05) is 24.3 Å². The zero-order valence-electron chi connectivity index (χ0n) is 21.1. The minimum absolute atomic E-state index is 0.0581. The second kappa shape index (κ2) is 10.6. The van der Waals surface area contributed by atoms with Gasteiger partial charge in [-0.15, -0.1) is 11.8 Å². The Morgan fingerprint density at radius 1 is 1.05 bits per heavy atom. The summed E-state index contributed by atoms with van der Waals surface area (Å²) in [5.74, 6) is 0.218. The van der Waals surface area contributed by atoms with Crippen molar-refractivity contribution in [3.8, 4) is 5.75 Å². The monoisotopic (exact) mass is 511 g/mol. The Labute approximate surface area is 221 Å². The number of amides is 1. The molecular formula is C30H29N3O3S. The van der Waals surface area contributed by atoms with E-state index >= 15 is 0 Å². The molecule has 1 aliphatic heterocycles. The molecule has 0 spiro atoms. The van der Waals surface area contributed by atoms with Crippen molar-refractivity contribution in [2.75, 3.05) is 18.7 Å². The quantitative estimate of drug-likeness (QED) is 0.407. The van der Waals surface area contributed by atoms with Crippen molar-refractivity contribution in [2.24, 2.45) is 0 Å². The number of aromatic nitrogens is 1. The number of nitrogens with one attached hydrogen (secondary N) is 2. The largest absolute Gasteiger partial charge is 0.497 e. The standard InChI is InChI=1S/C30H29N3O3S/c1-18-27(30(35)33-22-5-4-14-31-17-22)28(20-8-12-24(37-3)13-9-20)29-25(32-18)15-21(16-26(29)34)19-6-10-23(36-2)11-7-19/h4-14,17,21,28,32H,15-16H2,1-3H3,(H,33,35). The molecule has 0 saturated heterocycles. The molecular weight excluding hydrogens is 482 g/mol. The van der Waals surface area contributed by atoms with Crippen LogP contribution in [0.15, 0.2) is 100 Å². The number of nitrogens with zero attached hydrogens (tertiary/aromatic N) is 1. The summed E-state index contributed by atoms with van der Waals surface area (Å²) in [6.07, 6.45) is 6.39. The van der Waals surface area contributed by atoms with Gasteiger partial charge in [-0.2, -0.15) is 0 Å². The zero-order valence-corrected chi connectivity index (χ0v) is 21.9. The summed E-state index contributed by atoms with van der Waals surface area (Å²) in [6, 6.07) is 19.6. The number of ketones is 1. The maximum Gasteiger partial charge on any atom is 0.254 e. The second-order valence-corrected chi connectivity index (χ2v) is 10.1. The molecule has 6 nitrogen and oxygen atoms in total. The molecule has 2 N–H and O–H groups in total. The smallest absolute Gasteiger partial charge is 0.254 e. The van der Waals surface area contributed by atoms with Crippen molar-refractivity contribution in [3.05, 3.63) is 107 Å². The lowest BCUT2D eigenvalue weighted by Gasteiger charge is -2.37. The molecule has 3 aromatic rings. The SMILES string of the molecule is COc1ccc(C2CC(=O)C3=C(C2)NC(C)=C(C(=O)Nc2cccnc2)C3c2ccc(SC)cc2)cc1. The van der Waals surface area contributed by atoms with E-state index in [9.17, 15) is 9.59 Å². The lowest BCUT2D eigenvalue weighted by molar-refractivity contribution is -0.116. The number of carbonyl (C=O) groups excluding carboxylic acids is 2. The predicted molar refractivity (Wildman–Crippen MR) is 147 cm³/mol. The van der Waals surface area contributed by atoms with E-state index in [4.69, 9.17) is 4.74 Å². The first-order chi connectivity index (χ1) is 18.0. The highest BCUT2D eigenvalue weighted by atomic mass is 32.2. The highest BCUT2D eigenvalue weighted by Crippen LogP contribution is 2.46. The molecule has 2 atom stereocenters. The Hall–Kier alpha value is -3.84. The highest BCUT2D eigenvalue weighted by molar-refractivity contribution is 7.98. The molecule has 2 aromatic carbocycles. The first-order valence-corrected chi connectivity index (χ1v) is 13.4. The summed E-state index contributed by atoms with van der Waals surface area (Å²) in [4.78, 5) is 32.6. The maximum absolute atomic E-state index is 13.8. The molecule has 2 heterocycles. The number of thioether (sulfide) groups is 1. The lowest BCUT2D eigenvalue weighted by Crippen LogP contribution is -2.37. The topological polar surface area (TPSA) is 80.3 Å². The van der Waals surface area contributed by atoms with Crippen molar-refractivity contribution >= 4 is 29.1 Å². The Morgan fingerprint density at radius 2 is 1.78 bits per heavy atom. The van der Waals surface area contributed by atoms with E-state index in [2.05, 4.69) is 15.6 Å². The number of dihydropyridines is 1. The van der Waals surface area contributed by atoms with Gasteiger partial charge in [-0.3, -0.25) is 14.6 Å². The molecule has 0 fully saturated rings. The fraction of sp³-hybridized carbons (Fsp3) is 0.233. The van der Waals surface area contributed by atoms with Gasteiger partial charge in [0.15, 0.2) is 5.78 Å². The van der Waals surface area contributed by atoms with E-state index < -0.39 is 5.92 Å². The molecule has 5 rings (SSSR count). The van der Waals surface area contributed by atoms with Gasteiger partial charge in [0.1, 0.15) is 5.75 Å². The van der Waals surface area contributed by atoms with Crippen LogP contribution >= 0.6 is 11.8 Å². The number of anilines is 1. The van der Waals surface area contributed by atoms with Crippen molar-refractivity contribution in [2.45, 2.75) is 36.5 Å². The average Bonchev–Trinajstić information content (AvgIpc) is 2.92. The predicted octanol–water partition coefficient (Wildman–Crippen LogP) is 5.81. The van der Waals surface area contributed by atoms with Crippen molar-refractivity contribution in [1.29, 1.82) is 0 Å². The first-order valence-electron chi connectivity index (χ1n) is 12.2. The van der Waals surface area contributed by atoms with Gasteiger partial charge in [0, 0.05) is 46.0 Å². The second-order valence-electron chi connectivity index (χ2n) is 9.26. The van der Waals surface area contributed by atoms with Crippen LogP contribution in [0.1, 0.15) is 42.7 Å². The van der Waals surface area contributed by atoms with Crippen LogP contribution in [0.25, 0.3) is 0 Å². The average molecular weight is 512 g/mol. The molecule has 37 heavy (non-hydrogen) atoms.